The van der Waals surface area contributed by atoms with Crippen molar-refractivity contribution in [2.24, 2.45) is 0 Å². The van der Waals surface area contributed by atoms with Crippen LogP contribution in [-0.2, 0) is 11.8 Å². The largest absolute Gasteiger partial charge is 0.418 e. The van der Waals surface area contributed by atoms with Gasteiger partial charge in [-0.25, -0.2) is 0 Å². The van der Waals surface area contributed by atoms with Gasteiger partial charge < -0.3 is 10.1 Å². The maximum absolute atomic E-state index is 12.7. The molecular formula is C12H12F3NO. The molecule has 0 unspecified atom stereocenters. The van der Waals surface area contributed by atoms with E-state index in [1.54, 1.807) is 6.07 Å². The highest BCUT2D eigenvalue weighted by atomic mass is 19.4. The first kappa shape index (κ1) is 12.0. The van der Waals surface area contributed by atoms with Crippen molar-refractivity contribution < 1.29 is 18.3 Å². The zero-order chi connectivity index (χ0) is 12.8. The second-order valence-electron chi connectivity index (χ2n) is 4.51. The van der Waals surface area contributed by atoms with Gasteiger partial charge in [0.1, 0.15) is 0 Å². The van der Waals surface area contributed by atoms with E-state index in [-0.39, 0.29) is 5.52 Å². The molecular weight excluding hydrogens is 231 g/mol. The van der Waals surface area contributed by atoms with Crippen LogP contribution in [0.3, 0.4) is 0 Å². The number of nitrogens with one attached hydrogen (secondary N) is 1. The van der Waals surface area contributed by atoms with E-state index in [4.69, 9.17) is 0 Å². The van der Waals surface area contributed by atoms with E-state index in [0.717, 1.165) is 6.07 Å². The first-order valence-corrected chi connectivity index (χ1v) is 5.11. The molecule has 2 aromatic rings. The molecule has 92 valence electrons. The van der Waals surface area contributed by atoms with Crippen LogP contribution < -0.4 is 0 Å². The number of para-hydroxylation sites is 1. The summed E-state index contributed by atoms with van der Waals surface area (Å²) in [6.07, 6.45) is -4.40. The maximum Gasteiger partial charge on any atom is 0.418 e. The summed E-state index contributed by atoms with van der Waals surface area (Å²) in [6.45, 7) is 3.04. The van der Waals surface area contributed by atoms with E-state index in [1.165, 1.54) is 26.0 Å². The average Bonchev–Trinajstić information content (AvgIpc) is 2.57. The normalized spacial score (nSPS) is 13.3. The number of aliphatic hydroxyl groups is 1. The molecule has 0 radical (unpaired) electrons. The summed E-state index contributed by atoms with van der Waals surface area (Å²) >= 11 is 0. The minimum absolute atomic E-state index is 0.0112. The van der Waals surface area contributed by atoms with E-state index in [9.17, 15) is 18.3 Å². The lowest BCUT2D eigenvalue weighted by molar-refractivity contribution is -0.136. The van der Waals surface area contributed by atoms with Gasteiger partial charge in [-0.1, -0.05) is 12.1 Å². The molecule has 2 rings (SSSR count). The van der Waals surface area contributed by atoms with Crippen molar-refractivity contribution in [3.63, 3.8) is 0 Å². The van der Waals surface area contributed by atoms with E-state index in [0.29, 0.717) is 11.1 Å². The van der Waals surface area contributed by atoms with Crippen LogP contribution in [-0.4, -0.2) is 10.1 Å². The average molecular weight is 243 g/mol. The number of aromatic nitrogens is 1. The Balaban J connectivity index is 2.70. The number of H-pyrrole nitrogens is 1. The molecule has 1 aromatic carbocycles. The Kier molecular flexibility index (Phi) is 2.47. The van der Waals surface area contributed by atoms with Gasteiger partial charge in [0.15, 0.2) is 0 Å². The zero-order valence-electron chi connectivity index (χ0n) is 9.39. The second kappa shape index (κ2) is 3.50. The van der Waals surface area contributed by atoms with Crippen LogP contribution in [0.25, 0.3) is 10.9 Å². The van der Waals surface area contributed by atoms with Crippen LogP contribution in [0.1, 0.15) is 25.1 Å². The summed E-state index contributed by atoms with van der Waals surface area (Å²) in [5, 5.41) is 10.2. The Labute approximate surface area is 96.1 Å². The fourth-order valence-corrected chi connectivity index (χ4v) is 1.72. The van der Waals surface area contributed by atoms with E-state index in [1.807, 2.05) is 0 Å². The third-order valence-corrected chi connectivity index (χ3v) is 2.62. The van der Waals surface area contributed by atoms with Crippen molar-refractivity contribution in [2.75, 3.05) is 0 Å². The summed E-state index contributed by atoms with van der Waals surface area (Å²) < 4.78 is 38.2. The van der Waals surface area contributed by atoms with Gasteiger partial charge in [-0.15, -0.1) is 0 Å². The number of aromatic amines is 1. The van der Waals surface area contributed by atoms with Gasteiger partial charge in [0.25, 0.3) is 0 Å². The number of hydrogen-bond acceptors (Lipinski definition) is 1. The second-order valence-corrected chi connectivity index (χ2v) is 4.51. The highest BCUT2D eigenvalue weighted by Crippen LogP contribution is 2.35. The van der Waals surface area contributed by atoms with Crippen LogP contribution >= 0.6 is 0 Å². The molecule has 2 N–H and O–H groups in total. The molecule has 1 aromatic heterocycles. The van der Waals surface area contributed by atoms with Crippen LogP contribution in [0, 0.1) is 0 Å². The molecule has 0 aliphatic carbocycles. The van der Waals surface area contributed by atoms with Crippen molar-refractivity contribution >= 4 is 10.9 Å². The number of fused-ring (bicyclic) bond motifs is 1. The molecule has 0 saturated carbocycles. The predicted octanol–water partition coefficient (Wildman–Crippen LogP) is 3.41. The number of rotatable bonds is 1. The van der Waals surface area contributed by atoms with Gasteiger partial charge in [0, 0.05) is 11.1 Å². The molecule has 0 fully saturated rings. The summed E-state index contributed by atoms with van der Waals surface area (Å²) in [5.41, 5.74) is -1.53. The quantitative estimate of drug-likeness (QED) is 0.791. The zero-order valence-corrected chi connectivity index (χ0v) is 9.39. The van der Waals surface area contributed by atoms with Gasteiger partial charge in [0.2, 0.25) is 0 Å². The van der Waals surface area contributed by atoms with Gasteiger partial charge in [-0.3, -0.25) is 0 Å². The summed E-state index contributed by atoms with van der Waals surface area (Å²) in [7, 11) is 0. The summed E-state index contributed by atoms with van der Waals surface area (Å²) in [6, 6.07) is 5.49. The molecule has 0 aliphatic rings. The fourth-order valence-electron chi connectivity index (χ4n) is 1.72. The van der Waals surface area contributed by atoms with Crippen LogP contribution in [0.2, 0.25) is 0 Å². The Morgan fingerprint density at radius 1 is 1.18 bits per heavy atom. The lowest BCUT2D eigenvalue weighted by atomic mass is 10.1. The molecule has 17 heavy (non-hydrogen) atoms. The highest BCUT2D eigenvalue weighted by Gasteiger charge is 2.33. The molecule has 0 spiro atoms. The third kappa shape index (κ3) is 2.15. The van der Waals surface area contributed by atoms with Gasteiger partial charge in [-0.2, -0.15) is 13.2 Å². The van der Waals surface area contributed by atoms with E-state index < -0.39 is 17.3 Å². The monoisotopic (exact) mass is 243 g/mol. The molecule has 2 nitrogen and oxygen atoms in total. The predicted molar refractivity (Wildman–Crippen MR) is 58.5 cm³/mol. The smallest absolute Gasteiger partial charge is 0.384 e. The lowest BCUT2D eigenvalue weighted by Gasteiger charge is -2.14. The summed E-state index contributed by atoms with van der Waals surface area (Å²) in [4.78, 5) is 2.64. The molecule has 0 amide bonds. The first-order valence-electron chi connectivity index (χ1n) is 5.11. The van der Waals surface area contributed by atoms with Crippen LogP contribution in [0.4, 0.5) is 13.2 Å². The van der Waals surface area contributed by atoms with Crippen LogP contribution in [0.5, 0.6) is 0 Å². The Morgan fingerprint density at radius 2 is 1.82 bits per heavy atom. The van der Waals surface area contributed by atoms with Gasteiger partial charge in [0.05, 0.1) is 16.7 Å². The number of benzene rings is 1. The molecule has 0 bridgehead atoms. The third-order valence-electron chi connectivity index (χ3n) is 2.62. The topological polar surface area (TPSA) is 36.0 Å². The Morgan fingerprint density at radius 3 is 2.35 bits per heavy atom. The highest BCUT2D eigenvalue weighted by molar-refractivity contribution is 5.84. The lowest BCUT2D eigenvalue weighted by Crippen LogP contribution is -2.15. The molecule has 0 atom stereocenters. The molecule has 0 aliphatic heterocycles. The minimum atomic E-state index is -4.40. The first-order chi connectivity index (χ1) is 7.69. The van der Waals surface area contributed by atoms with Crippen molar-refractivity contribution in [3.8, 4) is 0 Å². The number of halogens is 3. The number of hydrogen-bond donors (Lipinski definition) is 2. The maximum atomic E-state index is 12.7. The van der Waals surface area contributed by atoms with E-state index in [2.05, 4.69) is 4.98 Å². The number of alkyl halides is 3. The fraction of sp³-hybridized carbons (Fsp3) is 0.333. The van der Waals surface area contributed by atoms with Crippen molar-refractivity contribution in [2.45, 2.75) is 25.6 Å². The van der Waals surface area contributed by atoms with Gasteiger partial charge >= 0.3 is 6.18 Å². The minimum Gasteiger partial charge on any atom is -0.384 e. The molecule has 5 heteroatoms. The van der Waals surface area contributed by atoms with Crippen molar-refractivity contribution in [3.05, 3.63) is 35.5 Å². The molecule has 1 heterocycles. The molecule has 0 saturated heterocycles. The summed E-state index contributed by atoms with van der Waals surface area (Å²) in [5.74, 6) is 0. The van der Waals surface area contributed by atoms with Gasteiger partial charge in [-0.05, 0) is 26.0 Å². The van der Waals surface area contributed by atoms with Crippen molar-refractivity contribution in [1.29, 1.82) is 0 Å². The van der Waals surface area contributed by atoms with Crippen molar-refractivity contribution in [1.82, 2.24) is 4.98 Å². The standard InChI is InChI=1S/C12H12F3NO/c1-11(2,17)9-6-7-4-3-5-8(10(7)16-9)12(13,14)15/h3-6,16-17H,1-2H3. The SMILES string of the molecule is CC(C)(O)c1cc2cccc(C(F)(F)F)c2[nH]1. The van der Waals surface area contributed by atoms with Crippen LogP contribution in [0.15, 0.2) is 24.3 Å². The Hall–Kier alpha value is -1.49. The van der Waals surface area contributed by atoms with E-state index >= 15 is 0 Å². The Bertz CT molecular complexity index is 549.